The van der Waals surface area contributed by atoms with Crippen LogP contribution in [0.1, 0.15) is 24.0 Å². The average molecular weight is 516 g/mol. The second-order valence-electron chi connectivity index (χ2n) is 8.25. The van der Waals surface area contributed by atoms with Crippen molar-refractivity contribution in [3.63, 3.8) is 0 Å². The van der Waals surface area contributed by atoms with Crippen molar-refractivity contribution in [1.29, 1.82) is 0 Å². The molecule has 0 unspecified atom stereocenters. The van der Waals surface area contributed by atoms with E-state index in [1.165, 1.54) is 28.6 Å². The van der Waals surface area contributed by atoms with Gasteiger partial charge in [-0.2, -0.15) is 0 Å². The maximum atomic E-state index is 12.5. The zero-order valence-corrected chi connectivity index (χ0v) is 21.5. The molecule has 35 heavy (non-hydrogen) atoms. The first-order valence-corrected chi connectivity index (χ1v) is 14.3. The molecule has 0 fully saturated rings. The van der Waals surface area contributed by atoms with E-state index < -0.39 is 20.0 Å². The van der Waals surface area contributed by atoms with Crippen molar-refractivity contribution < 1.29 is 21.6 Å². The Balaban J connectivity index is 1.57. The van der Waals surface area contributed by atoms with Crippen LogP contribution < -0.4 is 14.3 Å². The fourth-order valence-electron chi connectivity index (χ4n) is 3.41. The van der Waals surface area contributed by atoms with Crippen molar-refractivity contribution >= 4 is 43.0 Å². The number of hydrogen-bond donors (Lipinski definition) is 2. The maximum Gasteiger partial charge on any atom is 0.261 e. The Labute approximate surface area is 207 Å². The molecule has 0 aliphatic heterocycles. The van der Waals surface area contributed by atoms with Crippen LogP contribution in [0.4, 0.5) is 17.1 Å². The number of para-hydroxylation sites is 1. The van der Waals surface area contributed by atoms with Crippen LogP contribution in [0.15, 0.2) is 77.7 Å². The Kier molecular flexibility index (Phi) is 8.18. The van der Waals surface area contributed by atoms with Gasteiger partial charge in [-0.25, -0.2) is 16.8 Å². The van der Waals surface area contributed by atoms with Crippen LogP contribution in [0.2, 0.25) is 0 Å². The number of hydrogen-bond acceptors (Lipinski definition) is 5. The highest BCUT2D eigenvalue weighted by atomic mass is 32.2. The zero-order valence-electron chi connectivity index (χ0n) is 19.9. The smallest absolute Gasteiger partial charge is 0.261 e. The minimum atomic E-state index is -3.75. The van der Waals surface area contributed by atoms with E-state index in [4.69, 9.17) is 0 Å². The number of carbonyl (C=O) groups excluding carboxylic acids is 1. The third-order valence-electron chi connectivity index (χ3n) is 5.42. The number of benzene rings is 3. The zero-order chi connectivity index (χ0) is 25.6. The molecule has 0 heterocycles. The molecule has 1 amide bonds. The highest BCUT2D eigenvalue weighted by molar-refractivity contribution is 7.92. The van der Waals surface area contributed by atoms with Crippen LogP contribution in [-0.2, 0) is 24.8 Å². The van der Waals surface area contributed by atoms with Gasteiger partial charge in [0.1, 0.15) is 0 Å². The van der Waals surface area contributed by atoms with Crippen molar-refractivity contribution in [2.24, 2.45) is 0 Å². The van der Waals surface area contributed by atoms with Crippen LogP contribution in [0.25, 0.3) is 0 Å². The first-order valence-electron chi connectivity index (χ1n) is 11.0. The lowest BCUT2D eigenvalue weighted by Crippen LogP contribution is -2.31. The van der Waals surface area contributed by atoms with Crippen LogP contribution >= 0.6 is 0 Å². The number of rotatable bonds is 10. The van der Waals surface area contributed by atoms with Crippen molar-refractivity contribution in [3.05, 3.63) is 83.9 Å². The van der Waals surface area contributed by atoms with Gasteiger partial charge in [0.15, 0.2) is 0 Å². The standard InChI is InChI=1S/C25H29N3O5S2/c1-19-11-14-23(18-20(19)2)28(34(3,30)31)17-7-10-25(29)26-21-12-15-24(16-13-21)35(32,33)27-22-8-5-4-6-9-22/h4-6,8-9,11-16,18,27H,7,10,17H2,1-3H3,(H,26,29). The van der Waals surface area contributed by atoms with E-state index in [0.717, 1.165) is 17.4 Å². The highest BCUT2D eigenvalue weighted by Gasteiger charge is 2.18. The van der Waals surface area contributed by atoms with Gasteiger partial charge in [0.2, 0.25) is 15.9 Å². The lowest BCUT2D eigenvalue weighted by atomic mass is 10.1. The molecule has 8 nitrogen and oxygen atoms in total. The molecule has 0 radical (unpaired) electrons. The topological polar surface area (TPSA) is 113 Å². The third-order valence-corrected chi connectivity index (χ3v) is 8.01. The van der Waals surface area contributed by atoms with E-state index in [-0.39, 0.29) is 23.8 Å². The van der Waals surface area contributed by atoms with Crippen LogP contribution in [0, 0.1) is 13.8 Å². The lowest BCUT2D eigenvalue weighted by molar-refractivity contribution is -0.116. The van der Waals surface area contributed by atoms with E-state index in [2.05, 4.69) is 10.0 Å². The molecule has 0 aromatic heterocycles. The summed E-state index contributed by atoms with van der Waals surface area (Å²) in [7, 11) is -7.26. The quantitative estimate of drug-likeness (QED) is 0.418. The number of carbonyl (C=O) groups is 1. The first-order chi connectivity index (χ1) is 16.5. The molecule has 0 aliphatic rings. The molecule has 186 valence electrons. The predicted molar refractivity (Wildman–Crippen MR) is 140 cm³/mol. The highest BCUT2D eigenvalue weighted by Crippen LogP contribution is 2.22. The maximum absolute atomic E-state index is 12.5. The third kappa shape index (κ3) is 7.30. The number of anilines is 3. The summed E-state index contributed by atoms with van der Waals surface area (Å²) >= 11 is 0. The van der Waals surface area contributed by atoms with Gasteiger partial charge >= 0.3 is 0 Å². The molecule has 0 bridgehead atoms. The number of amides is 1. The van der Waals surface area contributed by atoms with Gasteiger partial charge < -0.3 is 5.32 Å². The Morgan fingerprint density at radius 2 is 1.49 bits per heavy atom. The van der Waals surface area contributed by atoms with Crippen molar-refractivity contribution in [1.82, 2.24) is 0 Å². The molecule has 0 aliphatic carbocycles. The molecule has 10 heteroatoms. The summed E-state index contributed by atoms with van der Waals surface area (Å²) in [4.78, 5) is 12.5. The monoisotopic (exact) mass is 515 g/mol. The number of nitrogens with zero attached hydrogens (tertiary/aromatic N) is 1. The molecule has 0 spiro atoms. The molecule has 2 N–H and O–H groups in total. The molecule has 3 rings (SSSR count). The summed E-state index contributed by atoms with van der Waals surface area (Å²) in [6.45, 7) is 4.04. The second kappa shape index (κ2) is 10.9. The minimum absolute atomic E-state index is 0.0662. The SMILES string of the molecule is Cc1ccc(N(CCCC(=O)Nc2ccc(S(=O)(=O)Nc3ccccc3)cc2)S(C)(=O)=O)cc1C. The van der Waals surface area contributed by atoms with E-state index in [1.807, 2.05) is 26.0 Å². The fourth-order valence-corrected chi connectivity index (χ4v) is 5.43. The molecule has 3 aromatic carbocycles. The molecule has 0 atom stereocenters. The van der Waals surface area contributed by atoms with Crippen LogP contribution in [-0.4, -0.2) is 35.5 Å². The van der Waals surface area contributed by atoms with Gasteiger partial charge in [-0.15, -0.1) is 0 Å². The van der Waals surface area contributed by atoms with Crippen molar-refractivity contribution in [2.45, 2.75) is 31.6 Å². The molecule has 0 saturated heterocycles. The largest absolute Gasteiger partial charge is 0.326 e. The predicted octanol–water partition coefficient (Wildman–Crippen LogP) is 4.29. The molecule has 3 aromatic rings. The number of sulfonamides is 2. The summed E-state index contributed by atoms with van der Waals surface area (Å²) < 4.78 is 53.4. The Morgan fingerprint density at radius 1 is 0.829 bits per heavy atom. The Bertz CT molecular complexity index is 1390. The van der Waals surface area contributed by atoms with E-state index in [1.54, 1.807) is 36.4 Å². The second-order valence-corrected chi connectivity index (χ2v) is 11.8. The minimum Gasteiger partial charge on any atom is -0.326 e. The molecular formula is C25H29N3O5S2. The van der Waals surface area contributed by atoms with Gasteiger partial charge in [-0.05, 0) is 79.9 Å². The Hall–Kier alpha value is -3.37. The summed E-state index contributed by atoms with van der Waals surface area (Å²) in [5.74, 6) is -0.295. The van der Waals surface area contributed by atoms with Gasteiger partial charge in [-0.3, -0.25) is 13.8 Å². The first kappa shape index (κ1) is 26.2. The summed E-state index contributed by atoms with van der Waals surface area (Å²) in [6.07, 6.45) is 1.57. The average Bonchev–Trinajstić information content (AvgIpc) is 2.79. The summed E-state index contributed by atoms with van der Waals surface area (Å²) in [5.41, 5.74) is 3.52. The van der Waals surface area contributed by atoms with Crippen molar-refractivity contribution in [3.8, 4) is 0 Å². The molecule has 0 saturated carbocycles. The molecular weight excluding hydrogens is 486 g/mol. The van der Waals surface area contributed by atoms with Crippen molar-refractivity contribution in [2.75, 3.05) is 27.1 Å². The summed E-state index contributed by atoms with van der Waals surface area (Å²) in [5, 5.41) is 2.72. The lowest BCUT2D eigenvalue weighted by Gasteiger charge is -2.23. The van der Waals surface area contributed by atoms with E-state index >= 15 is 0 Å². The van der Waals surface area contributed by atoms with E-state index in [0.29, 0.717) is 23.5 Å². The van der Waals surface area contributed by atoms with Crippen LogP contribution in [0.5, 0.6) is 0 Å². The number of nitrogens with one attached hydrogen (secondary N) is 2. The summed E-state index contributed by atoms with van der Waals surface area (Å²) in [6, 6.07) is 19.8. The van der Waals surface area contributed by atoms with Gasteiger partial charge in [0.05, 0.1) is 16.8 Å². The van der Waals surface area contributed by atoms with Gasteiger partial charge in [0, 0.05) is 24.3 Å². The normalized spacial score (nSPS) is 11.6. The number of aryl methyl sites for hydroxylation is 2. The fraction of sp³-hybridized carbons (Fsp3) is 0.240. The van der Waals surface area contributed by atoms with Gasteiger partial charge in [0.25, 0.3) is 10.0 Å². The Morgan fingerprint density at radius 3 is 2.09 bits per heavy atom. The van der Waals surface area contributed by atoms with Gasteiger partial charge in [-0.1, -0.05) is 24.3 Å². The van der Waals surface area contributed by atoms with E-state index in [9.17, 15) is 21.6 Å². The van der Waals surface area contributed by atoms with Crippen LogP contribution in [0.3, 0.4) is 0 Å².